The highest BCUT2D eigenvalue weighted by Crippen LogP contribution is 2.61. The maximum Gasteiger partial charge on any atom is 0.239 e. The Morgan fingerprint density at radius 3 is 2.33 bits per heavy atom. The lowest BCUT2D eigenvalue weighted by molar-refractivity contribution is -0.124. The molecule has 0 unspecified atom stereocenters. The smallest absolute Gasteiger partial charge is 0.239 e. The van der Waals surface area contributed by atoms with Crippen molar-refractivity contribution in [3.8, 4) is 0 Å². The number of nitrogens with one attached hydrogen (secondary N) is 2. The summed E-state index contributed by atoms with van der Waals surface area (Å²) in [7, 11) is 0. The lowest BCUT2D eigenvalue weighted by atomic mass is 9.48. The quantitative estimate of drug-likeness (QED) is 0.858. The maximum absolute atomic E-state index is 13.6. The summed E-state index contributed by atoms with van der Waals surface area (Å²) in [6, 6.07) is 6.68. The number of rotatable bonds is 5. The van der Waals surface area contributed by atoms with E-state index < -0.39 is 0 Å². The first kappa shape index (κ1) is 15.9. The molecule has 0 heterocycles. The van der Waals surface area contributed by atoms with Crippen LogP contribution in [-0.2, 0) is 4.79 Å². The molecule has 0 spiro atoms. The van der Waals surface area contributed by atoms with Gasteiger partial charge in [-0.05, 0) is 80.8 Å². The van der Waals surface area contributed by atoms with Crippen LogP contribution in [0.1, 0.15) is 45.4 Å². The number of amides is 1. The number of carbonyl (C=O) groups is 1. The van der Waals surface area contributed by atoms with Crippen LogP contribution >= 0.6 is 0 Å². The molecule has 4 aliphatic rings. The van der Waals surface area contributed by atoms with Gasteiger partial charge in [-0.2, -0.15) is 0 Å². The molecule has 4 saturated carbocycles. The lowest BCUT2D eigenvalue weighted by Gasteiger charge is -2.59. The second-order valence-electron chi connectivity index (χ2n) is 8.40. The summed E-state index contributed by atoms with van der Waals surface area (Å²) in [6.07, 6.45) is 8.07. The fourth-order valence-corrected chi connectivity index (χ4v) is 5.93. The molecule has 0 aromatic heterocycles. The van der Waals surface area contributed by atoms with E-state index in [9.17, 15) is 9.18 Å². The van der Waals surface area contributed by atoms with Gasteiger partial charge in [-0.3, -0.25) is 4.79 Å². The Morgan fingerprint density at radius 2 is 1.75 bits per heavy atom. The Hall–Kier alpha value is -1.58. The van der Waals surface area contributed by atoms with Crippen LogP contribution in [0.3, 0.4) is 0 Å². The molecule has 0 saturated heterocycles. The van der Waals surface area contributed by atoms with Crippen LogP contribution in [0.15, 0.2) is 24.3 Å². The molecule has 1 amide bonds. The molecule has 4 aliphatic carbocycles. The van der Waals surface area contributed by atoms with E-state index in [0.29, 0.717) is 11.1 Å². The number of halogens is 1. The molecule has 4 fully saturated rings. The Labute approximate surface area is 143 Å². The van der Waals surface area contributed by atoms with E-state index in [1.54, 1.807) is 18.2 Å². The standard InChI is InChI=1S/C20H27FN2O/c1-13(20-9-14-6-15(10-20)8-16(7-14)11-20)23-19(24)12-22-18-5-3-2-4-17(18)21/h2-5,13-16,22H,6-12H2,1H3,(H,23,24)/t13-,14?,15?,16?,20?/m1/s1. The zero-order chi connectivity index (χ0) is 16.7. The van der Waals surface area contributed by atoms with Gasteiger partial charge in [0.25, 0.3) is 0 Å². The first-order valence-corrected chi connectivity index (χ1v) is 9.32. The normalized spacial score (nSPS) is 34.8. The average molecular weight is 330 g/mol. The van der Waals surface area contributed by atoms with Gasteiger partial charge in [0.1, 0.15) is 5.82 Å². The van der Waals surface area contributed by atoms with Crippen LogP contribution in [0.2, 0.25) is 0 Å². The van der Waals surface area contributed by atoms with Crippen molar-refractivity contribution in [2.24, 2.45) is 23.2 Å². The number of anilines is 1. The highest BCUT2D eigenvalue weighted by molar-refractivity contribution is 5.81. The van der Waals surface area contributed by atoms with Gasteiger partial charge in [0, 0.05) is 6.04 Å². The zero-order valence-corrected chi connectivity index (χ0v) is 14.4. The third kappa shape index (κ3) is 2.91. The third-order valence-electron chi connectivity index (χ3n) is 6.69. The Bertz CT molecular complexity index is 595. The predicted molar refractivity (Wildman–Crippen MR) is 93.1 cm³/mol. The monoisotopic (exact) mass is 330 g/mol. The van der Waals surface area contributed by atoms with Crippen molar-refractivity contribution < 1.29 is 9.18 Å². The van der Waals surface area contributed by atoms with Crippen LogP contribution in [0.4, 0.5) is 10.1 Å². The van der Waals surface area contributed by atoms with E-state index in [4.69, 9.17) is 0 Å². The summed E-state index contributed by atoms with van der Waals surface area (Å²) in [5.74, 6) is 2.28. The fourth-order valence-electron chi connectivity index (χ4n) is 5.93. The van der Waals surface area contributed by atoms with Gasteiger partial charge in [-0.25, -0.2) is 4.39 Å². The first-order valence-electron chi connectivity index (χ1n) is 9.32. The molecule has 5 rings (SSSR count). The summed E-state index contributed by atoms with van der Waals surface area (Å²) in [5, 5.41) is 6.11. The number of carbonyl (C=O) groups excluding carboxylic acids is 1. The molecule has 130 valence electrons. The minimum absolute atomic E-state index is 0.0403. The second-order valence-corrected chi connectivity index (χ2v) is 8.40. The second kappa shape index (κ2) is 6.05. The van der Waals surface area contributed by atoms with Crippen molar-refractivity contribution in [2.75, 3.05) is 11.9 Å². The number of hydrogen-bond acceptors (Lipinski definition) is 2. The van der Waals surface area contributed by atoms with E-state index in [2.05, 4.69) is 17.6 Å². The minimum Gasteiger partial charge on any atom is -0.374 e. The molecule has 1 aromatic carbocycles. The largest absolute Gasteiger partial charge is 0.374 e. The molecule has 24 heavy (non-hydrogen) atoms. The van der Waals surface area contributed by atoms with Gasteiger partial charge < -0.3 is 10.6 Å². The lowest BCUT2D eigenvalue weighted by Crippen LogP contribution is -2.56. The molecular formula is C20H27FN2O. The molecular weight excluding hydrogens is 303 g/mol. The number of para-hydroxylation sites is 1. The summed E-state index contributed by atoms with van der Waals surface area (Å²) >= 11 is 0. The molecule has 1 atom stereocenters. The highest BCUT2D eigenvalue weighted by atomic mass is 19.1. The van der Waals surface area contributed by atoms with Gasteiger partial charge in [0.15, 0.2) is 0 Å². The number of benzene rings is 1. The third-order valence-corrected chi connectivity index (χ3v) is 6.69. The van der Waals surface area contributed by atoms with Gasteiger partial charge in [-0.1, -0.05) is 12.1 Å². The molecule has 4 heteroatoms. The van der Waals surface area contributed by atoms with Crippen LogP contribution < -0.4 is 10.6 Å². The molecule has 1 aromatic rings. The molecule has 2 N–H and O–H groups in total. The van der Waals surface area contributed by atoms with Crippen LogP contribution in [0.25, 0.3) is 0 Å². The molecule has 3 nitrogen and oxygen atoms in total. The highest BCUT2D eigenvalue weighted by Gasteiger charge is 2.53. The van der Waals surface area contributed by atoms with Gasteiger partial charge >= 0.3 is 0 Å². The van der Waals surface area contributed by atoms with Crippen LogP contribution in [0.5, 0.6) is 0 Å². The molecule has 0 aliphatic heterocycles. The Balaban J connectivity index is 1.35. The number of hydrogen-bond donors (Lipinski definition) is 2. The fraction of sp³-hybridized carbons (Fsp3) is 0.650. The Kier molecular flexibility index (Phi) is 4.01. The summed E-state index contributed by atoms with van der Waals surface area (Å²) in [4.78, 5) is 12.3. The van der Waals surface area contributed by atoms with E-state index in [0.717, 1.165) is 17.8 Å². The van der Waals surface area contributed by atoms with E-state index in [1.165, 1.54) is 44.6 Å². The van der Waals surface area contributed by atoms with Gasteiger partial charge in [0.2, 0.25) is 5.91 Å². The maximum atomic E-state index is 13.6. The topological polar surface area (TPSA) is 41.1 Å². The molecule has 4 bridgehead atoms. The van der Waals surface area contributed by atoms with Crippen molar-refractivity contribution in [1.29, 1.82) is 0 Å². The average Bonchev–Trinajstić information content (AvgIpc) is 2.53. The zero-order valence-electron chi connectivity index (χ0n) is 14.4. The van der Waals surface area contributed by atoms with Gasteiger partial charge in [-0.15, -0.1) is 0 Å². The van der Waals surface area contributed by atoms with Crippen molar-refractivity contribution >= 4 is 11.6 Å². The molecule has 0 radical (unpaired) electrons. The van der Waals surface area contributed by atoms with Crippen molar-refractivity contribution in [1.82, 2.24) is 5.32 Å². The predicted octanol–water partition coefficient (Wildman–Crippen LogP) is 3.96. The SMILES string of the molecule is C[C@@H](NC(=O)CNc1ccccc1F)C12CC3CC(CC(C3)C1)C2. The van der Waals surface area contributed by atoms with Crippen LogP contribution in [-0.4, -0.2) is 18.5 Å². The summed E-state index contributed by atoms with van der Waals surface area (Å²) < 4.78 is 13.6. The first-order chi connectivity index (χ1) is 11.5. The Morgan fingerprint density at radius 1 is 1.17 bits per heavy atom. The summed E-state index contributed by atoms with van der Waals surface area (Å²) in [5.41, 5.74) is 0.692. The minimum atomic E-state index is -0.320. The van der Waals surface area contributed by atoms with Crippen molar-refractivity contribution in [3.05, 3.63) is 30.1 Å². The van der Waals surface area contributed by atoms with E-state index in [-0.39, 0.29) is 24.3 Å². The van der Waals surface area contributed by atoms with E-state index >= 15 is 0 Å². The van der Waals surface area contributed by atoms with Crippen LogP contribution in [0, 0.1) is 29.0 Å². The summed E-state index contributed by atoms with van der Waals surface area (Å²) in [6.45, 7) is 2.30. The van der Waals surface area contributed by atoms with E-state index in [1.807, 2.05) is 0 Å². The van der Waals surface area contributed by atoms with Crippen molar-refractivity contribution in [2.45, 2.75) is 51.5 Å². The van der Waals surface area contributed by atoms with Crippen molar-refractivity contribution in [3.63, 3.8) is 0 Å². The van der Waals surface area contributed by atoms with Gasteiger partial charge in [0.05, 0.1) is 12.2 Å².